The third kappa shape index (κ3) is 7.77. The maximum atomic E-state index is 6.03. The van der Waals surface area contributed by atoms with Crippen molar-refractivity contribution >= 4 is 0 Å². The quantitative estimate of drug-likeness (QED) is 0.638. The molecule has 0 aromatic heterocycles. The highest BCUT2D eigenvalue weighted by molar-refractivity contribution is 4.69. The summed E-state index contributed by atoms with van der Waals surface area (Å²) in [6.45, 7) is 10.7. The summed E-state index contributed by atoms with van der Waals surface area (Å²) >= 11 is 0. The van der Waals surface area contributed by atoms with Crippen LogP contribution in [0.1, 0.15) is 33.6 Å². The van der Waals surface area contributed by atoms with Gasteiger partial charge in [0, 0.05) is 32.8 Å². The van der Waals surface area contributed by atoms with Crippen LogP contribution < -0.4 is 5.73 Å². The molecule has 0 spiro atoms. The average molecular weight is 216 g/mol. The van der Waals surface area contributed by atoms with Crippen LogP contribution in [0.2, 0.25) is 0 Å². The van der Waals surface area contributed by atoms with E-state index in [4.69, 9.17) is 10.5 Å². The summed E-state index contributed by atoms with van der Waals surface area (Å²) < 4.78 is 5.03. The van der Waals surface area contributed by atoms with Crippen molar-refractivity contribution in [1.29, 1.82) is 0 Å². The van der Waals surface area contributed by atoms with Crippen LogP contribution in [0.4, 0.5) is 0 Å². The summed E-state index contributed by atoms with van der Waals surface area (Å²) in [5.41, 5.74) is 6.03. The lowest BCUT2D eigenvalue weighted by Gasteiger charge is -2.26. The number of rotatable bonds is 9. The Morgan fingerprint density at radius 2 is 1.93 bits per heavy atom. The van der Waals surface area contributed by atoms with Crippen molar-refractivity contribution in [1.82, 2.24) is 4.90 Å². The number of methoxy groups -OCH3 is 1. The van der Waals surface area contributed by atoms with Crippen molar-refractivity contribution in [3.63, 3.8) is 0 Å². The normalized spacial score (nSPS) is 15.6. The Labute approximate surface area is 95.0 Å². The molecule has 92 valence electrons. The third-order valence-electron chi connectivity index (χ3n) is 2.90. The first kappa shape index (κ1) is 14.9. The Morgan fingerprint density at radius 1 is 1.27 bits per heavy atom. The molecule has 0 aliphatic heterocycles. The van der Waals surface area contributed by atoms with Crippen LogP contribution in [0.15, 0.2) is 0 Å². The molecule has 2 unspecified atom stereocenters. The molecule has 3 nitrogen and oxygen atoms in total. The van der Waals surface area contributed by atoms with Gasteiger partial charge in [-0.05, 0) is 18.9 Å². The Hall–Kier alpha value is -0.120. The molecule has 0 rings (SSSR count). The number of likely N-dealkylation sites (N-methyl/N-ethyl adjacent to an activating group) is 1. The van der Waals surface area contributed by atoms with Gasteiger partial charge in [0.05, 0.1) is 0 Å². The minimum absolute atomic E-state index is 0.244. The fraction of sp³-hybridized carbons (Fsp3) is 1.00. The van der Waals surface area contributed by atoms with E-state index in [2.05, 4.69) is 25.7 Å². The van der Waals surface area contributed by atoms with Gasteiger partial charge in [-0.2, -0.15) is 0 Å². The van der Waals surface area contributed by atoms with Crippen LogP contribution in [0.25, 0.3) is 0 Å². The summed E-state index contributed by atoms with van der Waals surface area (Å²) in [5.74, 6) is 0.763. The van der Waals surface area contributed by atoms with E-state index in [-0.39, 0.29) is 6.04 Å². The second-order valence-corrected chi connectivity index (χ2v) is 4.41. The molecule has 15 heavy (non-hydrogen) atoms. The monoisotopic (exact) mass is 216 g/mol. The zero-order valence-electron chi connectivity index (χ0n) is 10.8. The second-order valence-electron chi connectivity index (χ2n) is 4.41. The minimum atomic E-state index is 0.244. The maximum absolute atomic E-state index is 6.03. The minimum Gasteiger partial charge on any atom is -0.385 e. The highest BCUT2D eigenvalue weighted by atomic mass is 16.5. The molecule has 0 saturated heterocycles. The van der Waals surface area contributed by atoms with Crippen LogP contribution >= 0.6 is 0 Å². The van der Waals surface area contributed by atoms with Gasteiger partial charge >= 0.3 is 0 Å². The lowest BCUT2D eigenvalue weighted by atomic mass is 10.1. The fourth-order valence-electron chi connectivity index (χ4n) is 1.59. The molecular weight excluding hydrogens is 188 g/mol. The first-order chi connectivity index (χ1) is 7.13. The lowest BCUT2D eigenvalue weighted by Crippen LogP contribution is -2.40. The van der Waals surface area contributed by atoms with Crippen molar-refractivity contribution in [3.8, 4) is 0 Å². The van der Waals surface area contributed by atoms with Crippen molar-refractivity contribution < 1.29 is 4.74 Å². The molecule has 0 aromatic carbocycles. The fourth-order valence-corrected chi connectivity index (χ4v) is 1.59. The number of hydrogen-bond donors (Lipinski definition) is 1. The number of ether oxygens (including phenoxy) is 1. The predicted molar refractivity (Wildman–Crippen MR) is 66.0 cm³/mol. The molecule has 0 radical (unpaired) electrons. The molecule has 0 aliphatic rings. The van der Waals surface area contributed by atoms with E-state index in [9.17, 15) is 0 Å². The van der Waals surface area contributed by atoms with Gasteiger partial charge in [-0.25, -0.2) is 0 Å². The molecule has 3 heteroatoms. The van der Waals surface area contributed by atoms with Gasteiger partial charge in [0.25, 0.3) is 0 Å². The van der Waals surface area contributed by atoms with E-state index in [0.717, 1.165) is 38.6 Å². The van der Waals surface area contributed by atoms with Gasteiger partial charge in [0.2, 0.25) is 0 Å². The highest BCUT2D eigenvalue weighted by Gasteiger charge is 2.11. The van der Waals surface area contributed by atoms with Crippen molar-refractivity contribution in [2.45, 2.75) is 39.7 Å². The van der Waals surface area contributed by atoms with Crippen molar-refractivity contribution in [2.24, 2.45) is 11.7 Å². The SMILES string of the molecule is CCC(C)CN(CC)CC(N)CCOC. The molecule has 0 heterocycles. The molecule has 0 fully saturated rings. The van der Waals surface area contributed by atoms with E-state index in [1.54, 1.807) is 7.11 Å². The maximum Gasteiger partial charge on any atom is 0.0477 e. The van der Waals surface area contributed by atoms with Crippen LogP contribution in [0.5, 0.6) is 0 Å². The third-order valence-corrected chi connectivity index (χ3v) is 2.90. The molecule has 0 amide bonds. The summed E-state index contributed by atoms with van der Waals surface area (Å²) in [4.78, 5) is 2.44. The predicted octanol–water partition coefficient (Wildman–Crippen LogP) is 1.72. The zero-order chi connectivity index (χ0) is 11.7. The number of hydrogen-bond acceptors (Lipinski definition) is 3. The van der Waals surface area contributed by atoms with E-state index < -0.39 is 0 Å². The van der Waals surface area contributed by atoms with E-state index >= 15 is 0 Å². The van der Waals surface area contributed by atoms with Crippen LogP contribution in [-0.4, -0.2) is 44.3 Å². The highest BCUT2D eigenvalue weighted by Crippen LogP contribution is 2.05. The molecule has 0 bridgehead atoms. The summed E-state index contributed by atoms with van der Waals surface area (Å²) in [6.07, 6.45) is 2.19. The topological polar surface area (TPSA) is 38.5 Å². The standard InChI is InChI=1S/C12H28N2O/c1-5-11(3)9-14(6-2)10-12(13)7-8-15-4/h11-12H,5-10,13H2,1-4H3. The van der Waals surface area contributed by atoms with E-state index in [1.807, 2.05) is 0 Å². The van der Waals surface area contributed by atoms with Gasteiger partial charge in [0.1, 0.15) is 0 Å². The van der Waals surface area contributed by atoms with Crippen LogP contribution in [0, 0.1) is 5.92 Å². The van der Waals surface area contributed by atoms with Gasteiger partial charge < -0.3 is 15.4 Å². The van der Waals surface area contributed by atoms with Crippen LogP contribution in [0.3, 0.4) is 0 Å². The summed E-state index contributed by atoms with van der Waals surface area (Å²) in [6, 6.07) is 0.244. The Morgan fingerprint density at radius 3 is 2.40 bits per heavy atom. The Kier molecular flexibility index (Phi) is 9.06. The average Bonchev–Trinajstić information content (AvgIpc) is 2.25. The molecule has 0 aliphatic carbocycles. The number of nitrogens with zero attached hydrogens (tertiary/aromatic N) is 1. The van der Waals surface area contributed by atoms with Crippen molar-refractivity contribution in [3.05, 3.63) is 0 Å². The largest absolute Gasteiger partial charge is 0.385 e. The van der Waals surface area contributed by atoms with Gasteiger partial charge in [-0.1, -0.05) is 27.2 Å². The van der Waals surface area contributed by atoms with Gasteiger partial charge in [-0.3, -0.25) is 0 Å². The first-order valence-corrected chi connectivity index (χ1v) is 6.10. The first-order valence-electron chi connectivity index (χ1n) is 6.10. The number of nitrogens with two attached hydrogens (primary N) is 1. The molecule has 0 aromatic rings. The molecule has 0 saturated carbocycles. The lowest BCUT2D eigenvalue weighted by molar-refractivity contribution is 0.171. The Bertz CT molecular complexity index is 142. The Balaban J connectivity index is 3.76. The van der Waals surface area contributed by atoms with E-state index in [1.165, 1.54) is 6.42 Å². The van der Waals surface area contributed by atoms with Gasteiger partial charge in [0.15, 0.2) is 0 Å². The molecular formula is C12H28N2O. The van der Waals surface area contributed by atoms with Crippen LogP contribution in [-0.2, 0) is 4.74 Å². The molecule has 2 N–H and O–H groups in total. The summed E-state index contributed by atoms with van der Waals surface area (Å²) in [5, 5.41) is 0. The molecule has 2 atom stereocenters. The smallest absolute Gasteiger partial charge is 0.0477 e. The zero-order valence-corrected chi connectivity index (χ0v) is 10.8. The van der Waals surface area contributed by atoms with E-state index in [0.29, 0.717) is 0 Å². The van der Waals surface area contributed by atoms with Crippen molar-refractivity contribution in [2.75, 3.05) is 33.4 Å². The second kappa shape index (κ2) is 9.13. The summed E-state index contributed by atoms with van der Waals surface area (Å²) in [7, 11) is 1.73. The van der Waals surface area contributed by atoms with Gasteiger partial charge in [-0.15, -0.1) is 0 Å².